The zero-order valence-electron chi connectivity index (χ0n) is 19.7. The van der Waals surface area contributed by atoms with Crippen molar-refractivity contribution in [3.05, 3.63) is 57.5 Å². The fourth-order valence-electron chi connectivity index (χ4n) is 3.55. The van der Waals surface area contributed by atoms with Gasteiger partial charge in [-0.05, 0) is 49.9 Å². The summed E-state index contributed by atoms with van der Waals surface area (Å²) in [4.78, 5) is 34.2. The topological polar surface area (TPSA) is 169 Å². The molecule has 0 radical (unpaired) electrons. The number of fused-ring (bicyclic) bond motifs is 1. The van der Waals surface area contributed by atoms with Gasteiger partial charge < -0.3 is 25.1 Å². The van der Waals surface area contributed by atoms with Gasteiger partial charge in [0.1, 0.15) is 11.1 Å². The molecule has 2 aromatic heterocycles. The van der Waals surface area contributed by atoms with Crippen molar-refractivity contribution >= 4 is 41.3 Å². The largest absolute Gasteiger partial charge is 0.369 e. The maximum atomic E-state index is 12.4. The molecule has 0 aliphatic heterocycles. The van der Waals surface area contributed by atoms with Crippen molar-refractivity contribution in [2.75, 3.05) is 36.7 Å². The predicted molar refractivity (Wildman–Crippen MR) is 136 cm³/mol. The van der Waals surface area contributed by atoms with Gasteiger partial charge >= 0.3 is 7.60 Å². The maximum Gasteiger partial charge on any atom is 0.343 e. The second-order valence-corrected chi connectivity index (χ2v) is 11.7. The van der Waals surface area contributed by atoms with E-state index in [0.29, 0.717) is 29.4 Å². The fourth-order valence-corrected chi connectivity index (χ4v) is 7.26. The minimum atomic E-state index is -3.39. The molecule has 0 saturated carbocycles. The van der Waals surface area contributed by atoms with Gasteiger partial charge in [0.05, 0.1) is 18.6 Å². The molecule has 1 atom stereocenters. The molecule has 2 heterocycles. The van der Waals surface area contributed by atoms with Crippen molar-refractivity contribution in [1.82, 2.24) is 20.3 Å². The van der Waals surface area contributed by atoms with Crippen molar-refractivity contribution in [3.8, 4) is 0 Å². The minimum Gasteiger partial charge on any atom is -0.369 e. The first kappa shape index (κ1) is 26.8. The summed E-state index contributed by atoms with van der Waals surface area (Å²) >= 11 is 0. The van der Waals surface area contributed by atoms with Gasteiger partial charge in [-0.2, -0.15) is 4.98 Å². The molecule has 1 unspecified atom stereocenters. The molecule has 0 aliphatic carbocycles. The van der Waals surface area contributed by atoms with Crippen LogP contribution in [0, 0.1) is 0 Å². The highest BCUT2D eigenvalue weighted by Crippen LogP contribution is 2.48. The summed E-state index contributed by atoms with van der Waals surface area (Å²) in [5.74, 6) is -0.0942. The van der Waals surface area contributed by atoms with E-state index >= 15 is 0 Å². The lowest BCUT2D eigenvalue weighted by atomic mass is 10.0. The Kier molecular flexibility index (Phi) is 9.39. The number of aryl methyl sites for hydroxylation is 2. The first-order valence-corrected chi connectivity index (χ1v) is 14.4. The summed E-state index contributed by atoms with van der Waals surface area (Å²) in [5.41, 5.74) is 7.84. The molecule has 0 spiro atoms. The third-order valence-electron chi connectivity index (χ3n) is 5.11. The first-order chi connectivity index (χ1) is 16.7. The maximum absolute atomic E-state index is 12.4. The van der Waals surface area contributed by atoms with Crippen LogP contribution in [-0.2, 0) is 37.3 Å². The summed E-state index contributed by atoms with van der Waals surface area (Å²) < 4.78 is 35.0. The third kappa shape index (κ3) is 7.35. The van der Waals surface area contributed by atoms with E-state index in [1.165, 1.54) is 0 Å². The number of amides is 1. The lowest BCUT2D eigenvalue weighted by Gasteiger charge is -2.16. The number of carbonyl (C=O) groups is 1. The number of aromatic nitrogens is 3. The Balaban J connectivity index is 1.49. The van der Waals surface area contributed by atoms with Crippen LogP contribution >= 0.6 is 7.60 Å². The molecule has 0 bridgehead atoms. The Labute approximate surface area is 205 Å². The van der Waals surface area contributed by atoms with Crippen LogP contribution in [0.2, 0.25) is 0 Å². The Morgan fingerprint density at radius 2 is 1.86 bits per heavy atom. The monoisotopic (exact) mass is 523 g/mol. The fraction of sp³-hybridized carbons (Fsp3) is 0.409. The molecule has 0 aliphatic rings. The molecule has 190 valence electrons. The number of aromatic amines is 2. The van der Waals surface area contributed by atoms with Crippen molar-refractivity contribution in [3.63, 3.8) is 0 Å². The smallest absolute Gasteiger partial charge is 0.343 e. The van der Waals surface area contributed by atoms with Crippen LogP contribution in [0.25, 0.3) is 11.0 Å². The lowest BCUT2D eigenvalue weighted by Crippen LogP contribution is -2.28. The number of carbonyl (C=O) groups excluding carboxylic acids is 1. The molecule has 11 nitrogen and oxygen atoms in total. The molecule has 3 aromatic rings. The minimum absolute atomic E-state index is 0.0621. The van der Waals surface area contributed by atoms with Crippen LogP contribution in [0.3, 0.4) is 0 Å². The lowest BCUT2D eigenvalue weighted by molar-refractivity contribution is 0.0956. The second-order valence-electron chi connectivity index (χ2n) is 7.66. The second kappa shape index (κ2) is 12.3. The molecular weight excluding hydrogens is 493 g/mol. The normalized spacial score (nSPS) is 12.6. The van der Waals surface area contributed by atoms with E-state index < -0.39 is 18.4 Å². The number of hydrogen-bond donors (Lipinski definition) is 4. The van der Waals surface area contributed by atoms with Gasteiger partial charge in [0.15, 0.2) is 0 Å². The zero-order chi connectivity index (χ0) is 25.4. The van der Waals surface area contributed by atoms with E-state index in [-0.39, 0.29) is 48.4 Å². The average Bonchev–Trinajstić information content (AvgIpc) is 3.21. The Hall–Kier alpha value is -2.79. The van der Waals surface area contributed by atoms with E-state index in [2.05, 4.69) is 20.3 Å². The van der Waals surface area contributed by atoms with Crippen molar-refractivity contribution < 1.29 is 22.6 Å². The standard InChI is InChI=1S/C22H30N5O6PS/c1-3-32-34(30,33-4-2)14-35(31)12-11-24-20(28)16-8-5-15(6-9-16)7-10-17-13-25-19-18(17)21(29)27-22(23)26-19/h5-6,8-9,13H,3-4,7,10-12,14H2,1-2H3,(H,24,28)(H4,23,25,26,27,29). The molecule has 3 rings (SSSR count). The highest BCUT2D eigenvalue weighted by Gasteiger charge is 2.26. The van der Waals surface area contributed by atoms with E-state index in [1.807, 2.05) is 12.1 Å². The summed E-state index contributed by atoms with van der Waals surface area (Å²) in [7, 11) is -4.86. The number of benzene rings is 1. The number of nitrogens with one attached hydrogen (secondary N) is 3. The van der Waals surface area contributed by atoms with E-state index in [4.69, 9.17) is 14.8 Å². The van der Waals surface area contributed by atoms with Crippen LogP contribution in [0.1, 0.15) is 35.3 Å². The summed E-state index contributed by atoms with van der Waals surface area (Å²) in [6.45, 7) is 3.95. The Morgan fingerprint density at radius 1 is 1.17 bits per heavy atom. The van der Waals surface area contributed by atoms with Gasteiger partial charge in [-0.15, -0.1) is 0 Å². The van der Waals surface area contributed by atoms with Crippen molar-refractivity contribution in [1.29, 1.82) is 0 Å². The average molecular weight is 524 g/mol. The molecule has 0 saturated heterocycles. The Morgan fingerprint density at radius 3 is 2.51 bits per heavy atom. The predicted octanol–water partition coefficient (Wildman–Crippen LogP) is 2.32. The van der Waals surface area contributed by atoms with Crippen LogP contribution < -0.4 is 16.6 Å². The van der Waals surface area contributed by atoms with Gasteiger partial charge in [-0.1, -0.05) is 12.1 Å². The van der Waals surface area contributed by atoms with Gasteiger partial charge in [0.2, 0.25) is 5.95 Å². The highest BCUT2D eigenvalue weighted by atomic mass is 32.2. The first-order valence-electron chi connectivity index (χ1n) is 11.2. The molecular formula is C22H30N5O6PS. The molecule has 5 N–H and O–H groups in total. The van der Waals surface area contributed by atoms with Gasteiger partial charge in [-0.3, -0.25) is 23.3 Å². The van der Waals surface area contributed by atoms with Crippen LogP contribution in [0.5, 0.6) is 0 Å². The number of nitrogen functional groups attached to an aromatic ring is 1. The zero-order valence-corrected chi connectivity index (χ0v) is 21.4. The molecule has 0 fully saturated rings. The van der Waals surface area contributed by atoms with Gasteiger partial charge in [0, 0.05) is 34.9 Å². The molecule has 1 aromatic carbocycles. The number of hydrogen-bond acceptors (Lipinski definition) is 8. The summed E-state index contributed by atoms with van der Waals surface area (Å²) in [5, 5.41) is 3.21. The van der Waals surface area contributed by atoms with Crippen LogP contribution in [-0.4, -0.2) is 56.1 Å². The summed E-state index contributed by atoms with van der Waals surface area (Å²) in [6, 6.07) is 7.13. The molecule has 35 heavy (non-hydrogen) atoms. The number of nitrogens with zero attached hydrogens (tertiary/aromatic N) is 1. The number of nitrogens with two attached hydrogens (primary N) is 1. The number of rotatable bonds is 13. The van der Waals surface area contributed by atoms with Gasteiger partial charge in [-0.25, -0.2) is 0 Å². The SMILES string of the molecule is CCOP(=O)(CS(=O)CCNC(=O)c1ccc(CCc2c[nH]c3nc(N)[nH]c(=O)c23)cc1)OCC. The highest BCUT2D eigenvalue weighted by molar-refractivity contribution is 7.92. The van der Waals surface area contributed by atoms with Crippen molar-refractivity contribution in [2.45, 2.75) is 26.7 Å². The molecule has 13 heteroatoms. The summed E-state index contributed by atoms with van der Waals surface area (Å²) in [6.07, 6.45) is 3.02. The van der Waals surface area contributed by atoms with E-state index in [0.717, 1.165) is 11.1 Å². The number of H-pyrrole nitrogens is 2. The van der Waals surface area contributed by atoms with E-state index in [9.17, 15) is 18.4 Å². The van der Waals surface area contributed by atoms with Crippen LogP contribution in [0.15, 0.2) is 35.3 Å². The van der Waals surface area contributed by atoms with Crippen molar-refractivity contribution in [2.24, 2.45) is 0 Å². The Bertz CT molecular complexity index is 1280. The van der Waals surface area contributed by atoms with Crippen LogP contribution in [0.4, 0.5) is 5.95 Å². The molecule has 1 amide bonds. The van der Waals surface area contributed by atoms with E-state index in [1.54, 1.807) is 32.2 Å². The third-order valence-corrected chi connectivity index (χ3v) is 9.49. The quantitative estimate of drug-likeness (QED) is 0.247. The van der Waals surface area contributed by atoms with Gasteiger partial charge in [0.25, 0.3) is 11.5 Å². The number of anilines is 1.